The van der Waals surface area contributed by atoms with Crippen molar-refractivity contribution in [2.24, 2.45) is 0 Å². The largest absolute Gasteiger partial charge is 0.388 e. The van der Waals surface area contributed by atoms with Gasteiger partial charge in [0.25, 0.3) is 10.0 Å². The predicted octanol–water partition coefficient (Wildman–Crippen LogP) is 3.13. The summed E-state index contributed by atoms with van der Waals surface area (Å²) in [5, 5.41) is 2.98. The molecule has 0 aliphatic carbocycles. The maximum absolute atomic E-state index is 12.1. The van der Waals surface area contributed by atoms with Gasteiger partial charge < -0.3 is 5.32 Å². The van der Waals surface area contributed by atoms with Gasteiger partial charge in [-0.05, 0) is 71.1 Å². The molecule has 0 atom stereocenters. The highest BCUT2D eigenvalue weighted by Crippen LogP contribution is 2.18. The van der Waals surface area contributed by atoms with Crippen molar-refractivity contribution in [1.82, 2.24) is 0 Å². The van der Waals surface area contributed by atoms with Crippen molar-refractivity contribution in [3.63, 3.8) is 0 Å². The summed E-state index contributed by atoms with van der Waals surface area (Å²) in [6.07, 6.45) is 0. The minimum absolute atomic E-state index is 0.255. The third-order valence-corrected chi connectivity index (χ3v) is 4.67. The van der Waals surface area contributed by atoms with Gasteiger partial charge in [-0.2, -0.15) is 0 Å². The minimum atomic E-state index is -3.52. The summed E-state index contributed by atoms with van der Waals surface area (Å²) in [5.41, 5.74) is 1.47. The molecule has 0 aliphatic rings. The SMILES string of the molecule is CNc1ccc(NS(=O)(=O)c2ccc(I)cc2)cc1. The maximum Gasteiger partial charge on any atom is 0.261 e. The van der Waals surface area contributed by atoms with Crippen molar-refractivity contribution in [2.75, 3.05) is 17.1 Å². The molecule has 0 bridgehead atoms. The van der Waals surface area contributed by atoms with Crippen LogP contribution in [0.5, 0.6) is 0 Å². The maximum atomic E-state index is 12.1. The first-order chi connectivity index (χ1) is 9.01. The standard InChI is InChI=1S/C13H13IN2O2S/c1-15-11-4-6-12(7-5-11)16-19(17,18)13-8-2-10(14)3-9-13/h2-9,15-16H,1H3. The molecule has 4 nitrogen and oxygen atoms in total. The number of nitrogens with one attached hydrogen (secondary N) is 2. The lowest BCUT2D eigenvalue weighted by Gasteiger charge is -2.09. The highest BCUT2D eigenvalue weighted by molar-refractivity contribution is 14.1. The van der Waals surface area contributed by atoms with Crippen LogP contribution in [-0.2, 0) is 10.0 Å². The predicted molar refractivity (Wildman–Crippen MR) is 86.0 cm³/mol. The van der Waals surface area contributed by atoms with Crippen molar-refractivity contribution in [2.45, 2.75) is 4.90 Å². The highest BCUT2D eigenvalue weighted by atomic mass is 127. The molecule has 100 valence electrons. The van der Waals surface area contributed by atoms with Crippen LogP contribution in [0.1, 0.15) is 0 Å². The van der Waals surface area contributed by atoms with Gasteiger partial charge in [0, 0.05) is 22.0 Å². The topological polar surface area (TPSA) is 58.2 Å². The van der Waals surface area contributed by atoms with Gasteiger partial charge in [-0.1, -0.05) is 0 Å². The van der Waals surface area contributed by atoms with Crippen LogP contribution in [0.25, 0.3) is 0 Å². The first kappa shape index (κ1) is 14.1. The average molecular weight is 388 g/mol. The van der Waals surface area contributed by atoms with Crippen LogP contribution in [0.15, 0.2) is 53.4 Å². The van der Waals surface area contributed by atoms with Crippen molar-refractivity contribution < 1.29 is 8.42 Å². The van der Waals surface area contributed by atoms with E-state index < -0.39 is 10.0 Å². The van der Waals surface area contributed by atoms with Gasteiger partial charge in [0.2, 0.25) is 0 Å². The number of sulfonamides is 1. The number of benzene rings is 2. The fourth-order valence-electron chi connectivity index (χ4n) is 1.53. The van der Waals surface area contributed by atoms with Crippen molar-refractivity contribution in [1.29, 1.82) is 0 Å². The molecule has 0 aromatic heterocycles. The second-order valence-electron chi connectivity index (χ2n) is 3.89. The number of anilines is 2. The zero-order valence-electron chi connectivity index (χ0n) is 10.2. The molecule has 2 aromatic rings. The molecule has 0 spiro atoms. The van der Waals surface area contributed by atoms with E-state index in [1.165, 1.54) is 0 Å². The van der Waals surface area contributed by atoms with E-state index in [1.807, 2.05) is 19.2 Å². The number of hydrogen-bond donors (Lipinski definition) is 2. The van der Waals surface area contributed by atoms with Gasteiger partial charge in [0.1, 0.15) is 0 Å². The van der Waals surface area contributed by atoms with E-state index in [9.17, 15) is 8.42 Å². The van der Waals surface area contributed by atoms with Gasteiger partial charge in [0.05, 0.1) is 4.90 Å². The summed E-state index contributed by atoms with van der Waals surface area (Å²) < 4.78 is 27.8. The number of hydrogen-bond acceptors (Lipinski definition) is 3. The first-order valence-electron chi connectivity index (χ1n) is 5.57. The molecule has 2 aromatic carbocycles. The molecular formula is C13H13IN2O2S. The Morgan fingerprint density at radius 2 is 1.42 bits per heavy atom. The second-order valence-corrected chi connectivity index (χ2v) is 6.81. The molecule has 2 N–H and O–H groups in total. The second kappa shape index (κ2) is 5.79. The third-order valence-electron chi connectivity index (χ3n) is 2.55. The van der Waals surface area contributed by atoms with Crippen LogP contribution in [0.2, 0.25) is 0 Å². The summed E-state index contributed by atoms with van der Waals surface area (Å²) in [7, 11) is -1.71. The number of rotatable bonds is 4. The highest BCUT2D eigenvalue weighted by Gasteiger charge is 2.13. The Balaban J connectivity index is 2.23. The van der Waals surface area contributed by atoms with Gasteiger partial charge in [-0.3, -0.25) is 4.72 Å². The normalized spacial score (nSPS) is 11.1. The molecule has 0 unspecified atom stereocenters. The van der Waals surface area contributed by atoms with Crippen LogP contribution in [0.3, 0.4) is 0 Å². The van der Waals surface area contributed by atoms with Crippen molar-refractivity contribution in [3.8, 4) is 0 Å². The van der Waals surface area contributed by atoms with E-state index in [2.05, 4.69) is 32.6 Å². The summed E-state index contributed by atoms with van der Waals surface area (Å²) in [6.45, 7) is 0. The van der Waals surface area contributed by atoms with E-state index in [1.54, 1.807) is 36.4 Å². The van der Waals surface area contributed by atoms with Crippen molar-refractivity contribution in [3.05, 3.63) is 52.1 Å². The summed E-state index contributed by atoms with van der Waals surface area (Å²) in [6, 6.07) is 13.8. The lowest BCUT2D eigenvalue weighted by atomic mass is 10.3. The van der Waals surface area contributed by atoms with Crippen LogP contribution < -0.4 is 10.0 Å². The average Bonchev–Trinajstić information content (AvgIpc) is 2.40. The van der Waals surface area contributed by atoms with E-state index in [0.29, 0.717) is 5.69 Å². The Morgan fingerprint density at radius 3 is 1.95 bits per heavy atom. The van der Waals surface area contributed by atoms with Crippen LogP contribution in [0.4, 0.5) is 11.4 Å². The Bertz CT molecular complexity index is 652. The molecule has 0 radical (unpaired) electrons. The fraction of sp³-hybridized carbons (Fsp3) is 0.0769. The molecule has 0 aliphatic heterocycles. The molecule has 0 saturated heterocycles. The zero-order chi connectivity index (χ0) is 13.9. The van der Waals surface area contributed by atoms with E-state index >= 15 is 0 Å². The van der Waals surface area contributed by atoms with Crippen LogP contribution in [-0.4, -0.2) is 15.5 Å². The smallest absolute Gasteiger partial charge is 0.261 e. The fourth-order valence-corrected chi connectivity index (χ4v) is 2.95. The minimum Gasteiger partial charge on any atom is -0.388 e. The van der Waals surface area contributed by atoms with Crippen molar-refractivity contribution >= 4 is 44.0 Å². The third kappa shape index (κ3) is 3.60. The van der Waals surface area contributed by atoms with Gasteiger partial charge >= 0.3 is 0 Å². The lowest BCUT2D eigenvalue weighted by Crippen LogP contribution is -2.12. The summed E-state index contributed by atoms with van der Waals surface area (Å²) in [5.74, 6) is 0. The molecule has 0 saturated carbocycles. The van der Waals surface area contributed by atoms with Gasteiger partial charge in [-0.25, -0.2) is 8.42 Å². The Kier molecular flexibility index (Phi) is 4.31. The Hall–Kier alpha value is -1.28. The number of halogens is 1. The molecule has 0 amide bonds. The quantitative estimate of drug-likeness (QED) is 0.792. The van der Waals surface area contributed by atoms with Gasteiger partial charge in [0.15, 0.2) is 0 Å². The summed E-state index contributed by atoms with van der Waals surface area (Å²) in [4.78, 5) is 0.255. The van der Waals surface area contributed by atoms with E-state index in [-0.39, 0.29) is 4.90 Å². The first-order valence-corrected chi connectivity index (χ1v) is 8.14. The lowest BCUT2D eigenvalue weighted by molar-refractivity contribution is 0.601. The molecule has 0 fully saturated rings. The molecule has 0 heterocycles. The zero-order valence-corrected chi connectivity index (χ0v) is 13.2. The van der Waals surface area contributed by atoms with E-state index in [4.69, 9.17) is 0 Å². The molecule has 2 rings (SSSR count). The molecule has 19 heavy (non-hydrogen) atoms. The van der Waals surface area contributed by atoms with E-state index in [0.717, 1.165) is 9.26 Å². The Morgan fingerprint density at radius 1 is 0.895 bits per heavy atom. The molecular weight excluding hydrogens is 375 g/mol. The van der Waals surface area contributed by atoms with Gasteiger partial charge in [-0.15, -0.1) is 0 Å². The van der Waals surface area contributed by atoms with Crippen LogP contribution >= 0.6 is 22.6 Å². The van der Waals surface area contributed by atoms with Crippen LogP contribution in [0, 0.1) is 3.57 Å². The monoisotopic (exact) mass is 388 g/mol. The Labute approximate surface area is 126 Å². The molecule has 6 heteroatoms. The summed E-state index contributed by atoms with van der Waals surface area (Å²) >= 11 is 2.13.